The maximum atomic E-state index is 3.08. The Kier molecular flexibility index (Phi) is 9.58. The van der Waals surface area contributed by atoms with Crippen LogP contribution in [-0.2, 0) is 0 Å². The van der Waals surface area contributed by atoms with Crippen LogP contribution in [0.5, 0.6) is 0 Å². The SMILES string of the molecule is Cc1cc(C)cc(P(c2ccccc2)N(C2CCCCC2C(C)C)P(c2ccccc2)c2cc(C)cc(C)c2)c1. The van der Waals surface area contributed by atoms with E-state index in [1.54, 1.807) is 0 Å². The molecule has 1 saturated carbocycles. The fraction of sp³-hybridized carbons (Fsp3) is 0.351. The quantitative estimate of drug-likeness (QED) is 0.193. The highest BCUT2D eigenvalue weighted by molar-refractivity contribution is 7.84. The van der Waals surface area contributed by atoms with Gasteiger partial charge in [0.15, 0.2) is 0 Å². The molecular weight excluding hydrogens is 520 g/mol. The lowest BCUT2D eigenvalue weighted by molar-refractivity contribution is 0.191. The summed E-state index contributed by atoms with van der Waals surface area (Å²) in [4.78, 5) is 0. The second-order valence-corrected chi connectivity index (χ2v) is 16.6. The highest BCUT2D eigenvalue weighted by Gasteiger charge is 2.42. The first-order valence-electron chi connectivity index (χ1n) is 15.0. The van der Waals surface area contributed by atoms with E-state index in [2.05, 4.69) is 143 Å². The van der Waals surface area contributed by atoms with Crippen LogP contribution in [0.3, 0.4) is 0 Å². The largest absolute Gasteiger partial charge is 0.241 e. The molecule has 0 aromatic heterocycles. The minimum Gasteiger partial charge on any atom is -0.241 e. The Balaban J connectivity index is 1.83. The van der Waals surface area contributed by atoms with E-state index in [1.807, 2.05) is 0 Å². The molecule has 0 aliphatic heterocycles. The van der Waals surface area contributed by atoms with Crippen LogP contribution < -0.4 is 21.2 Å². The first-order valence-corrected chi connectivity index (χ1v) is 17.6. The standard InChI is InChI=1S/C37H45NP2/c1-27(2)36-19-13-14-20-37(36)38(39(32-15-9-7-10-16-32)34-23-28(3)21-29(4)24-34)40(33-17-11-8-12-18-33)35-25-30(5)22-31(6)26-35/h7-12,15-18,21-27,36-37H,13-14,19-20H2,1-6H3. The van der Waals surface area contributed by atoms with Gasteiger partial charge in [0.25, 0.3) is 0 Å². The van der Waals surface area contributed by atoms with Gasteiger partial charge in [-0.3, -0.25) is 0 Å². The summed E-state index contributed by atoms with van der Waals surface area (Å²) in [6.45, 7) is 14.0. The van der Waals surface area contributed by atoms with Gasteiger partial charge in [-0.2, -0.15) is 0 Å². The molecule has 0 heterocycles. The predicted molar refractivity (Wildman–Crippen MR) is 180 cm³/mol. The maximum Gasteiger partial charge on any atom is 0.0326 e. The van der Waals surface area contributed by atoms with E-state index in [0.717, 1.165) is 0 Å². The summed E-state index contributed by atoms with van der Waals surface area (Å²) in [6.07, 6.45) is 5.27. The van der Waals surface area contributed by atoms with Crippen LogP contribution in [0.25, 0.3) is 0 Å². The Morgan fingerprint density at radius 1 is 0.550 bits per heavy atom. The molecule has 1 nitrogen and oxygen atoms in total. The van der Waals surface area contributed by atoms with Crippen molar-refractivity contribution in [1.82, 2.24) is 4.44 Å². The Labute approximate surface area is 245 Å². The monoisotopic (exact) mass is 565 g/mol. The highest BCUT2D eigenvalue weighted by Crippen LogP contribution is 2.59. The van der Waals surface area contributed by atoms with Gasteiger partial charge in [0.2, 0.25) is 0 Å². The van der Waals surface area contributed by atoms with Crippen LogP contribution in [0.15, 0.2) is 97.1 Å². The zero-order valence-electron chi connectivity index (χ0n) is 25.1. The number of hydrogen-bond donors (Lipinski definition) is 0. The van der Waals surface area contributed by atoms with Crippen molar-refractivity contribution in [3.63, 3.8) is 0 Å². The summed E-state index contributed by atoms with van der Waals surface area (Å²) in [5.74, 6) is 1.35. The summed E-state index contributed by atoms with van der Waals surface area (Å²) < 4.78 is 3.08. The molecule has 208 valence electrons. The summed E-state index contributed by atoms with van der Waals surface area (Å²) in [5, 5.41) is 5.89. The zero-order chi connectivity index (χ0) is 28.2. The fourth-order valence-electron chi connectivity index (χ4n) is 6.65. The highest BCUT2D eigenvalue weighted by atomic mass is 31.2. The van der Waals surface area contributed by atoms with E-state index in [-0.39, 0.29) is 0 Å². The lowest BCUT2D eigenvalue weighted by Gasteiger charge is -2.49. The topological polar surface area (TPSA) is 3.24 Å². The van der Waals surface area contributed by atoms with Gasteiger partial charge in [-0.1, -0.05) is 122 Å². The fourth-order valence-corrected chi connectivity index (χ4v) is 13.5. The predicted octanol–water partition coefficient (Wildman–Crippen LogP) is 8.83. The summed E-state index contributed by atoms with van der Waals surface area (Å²) in [7, 11) is -1.53. The minimum atomic E-state index is -0.765. The third-order valence-corrected chi connectivity index (χ3v) is 13.8. The molecule has 0 amide bonds. The number of rotatable bonds is 8. The first kappa shape index (κ1) is 29.2. The van der Waals surface area contributed by atoms with Crippen LogP contribution >= 0.6 is 16.1 Å². The molecule has 3 heteroatoms. The van der Waals surface area contributed by atoms with Gasteiger partial charge in [0, 0.05) is 22.2 Å². The Morgan fingerprint density at radius 2 is 0.950 bits per heavy atom. The van der Waals surface area contributed by atoms with Crippen molar-refractivity contribution < 1.29 is 0 Å². The molecule has 0 radical (unpaired) electrons. The smallest absolute Gasteiger partial charge is 0.0326 e. The number of nitrogens with zero attached hydrogens (tertiary/aromatic N) is 1. The third-order valence-electron chi connectivity index (χ3n) is 8.25. The zero-order valence-corrected chi connectivity index (χ0v) is 26.9. The lowest BCUT2D eigenvalue weighted by Crippen LogP contribution is -2.45. The Bertz CT molecular complexity index is 1260. The van der Waals surface area contributed by atoms with Gasteiger partial charge >= 0.3 is 0 Å². The molecule has 5 rings (SSSR count). The van der Waals surface area contributed by atoms with E-state index in [9.17, 15) is 0 Å². The number of hydrogen-bond acceptors (Lipinski definition) is 1. The van der Waals surface area contributed by atoms with Crippen molar-refractivity contribution in [2.75, 3.05) is 0 Å². The van der Waals surface area contributed by atoms with E-state index in [1.165, 1.54) is 69.2 Å². The van der Waals surface area contributed by atoms with E-state index in [0.29, 0.717) is 17.9 Å². The Hall–Kier alpha value is -2.30. The summed E-state index contributed by atoms with van der Waals surface area (Å²) in [5.41, 5.74) is 5.44. The molecular formula is C37H45NP2. The average molecular weight is 566 g/mol. The summed E-state index contributed by atoms with van der Waals surface area (Å²) >= 11 is 0. The normalized spacial score (nSPS) is 19.1. The lowest BCUT2D eigenvalue weighted by atomic mass is 9.78. The van der Waals surface area contributed by atoms with E-state index < -0.39 is 16.1 Å². The number of benzene rings is 4. The molecule has 4 unspecified atom stereocenters. The van der Waals surface area contributed by atoms with Gasteiger partial charge in [-0.05, 0) is 97.9 Å². The van der Waals surface area contributed by atoms with Crippen molar-refractivity contribution in [3.8, 4) is 0 Å². The second-order valence-electron chi connectivity index (χ2n) is 12.1. The van der Waals surface area contributed by atoms with Crippen LogP contribution in [-0.4, -0.2) is 10.5 Å². The van der Waals surface area contributed by atoms with Crippen LogP contribution in [0.4, 0.5) is 0 Å². The van der Waals surface area contributed by atoms with Crippen molar-refractivity contribution in [1.29, 1.82) is 0 Å². The second kappa shape index (κ2) is 13.1. The van der Waals surface area contributed by atoms with Crippen LogP contribution in [0.2, 0.25) is 0 Å². The summed E-state index contributed by atoms with van der Waals surface area (Å²) in [6, 6.07) is 38.0. The molecule has 0 bridgehead atoms. The Morgan fingerprint density at radius 3 is 1.35 bits per heavy atom. The van der Waals surface area contributed by atoms with Gasteiger partial charge in [0.1, 0.15) is 0 Å². The minimum absolute atomic E-state index is 0.535. The molecule has 4 aromatic carbocycles. The molecule has 0 N–H and O–H groups in total. The molecule has 40 heavy (non-hydrogen) atoms. The van der Waals surface area contributed by atoms with Crippen molar-refractivity contribution in [2.24, 2.45) is 11.8 Å². The number of aryl methyl sites for hydroxylation is 4. The van der Waals surface area contributed by atoms with Gasteiger partial charge in [-0.15, -0.1) is 0 Å². The maximum absolute atomic E-state index is 3.08. The molecule has 4 aromatic rings. The van der Waals surface area contributed by atoms with Gasteiger partial charge in [0.05, 0.1) is 0 Å². The average Bonchev–Trinajstić information content (AvgIpc) is 2.93. The van der Waals surface area contributed by atoms with E-state index in [4.69, 9.17) is 0 Å². The molecule has 1 fully saturated rings. The first-order chi connectivity index (χ1) is 19.3. The van der Waals surface area contributed by atoms with Crippen molar-refractivity contribution >= 4 is 37.4 Å². The van der Waals surface area contributed by atoms with Gasteiger partial charge in [-0.25, -0.2) is 4.44 Å². The molecule has 0 spiro atoms. The molecule has 0 saturated heterocycles. The van der Waals surface area contributed by atoms with E-state index >= 15 is 0 Å². The van der Waals surface area contributed by atoms with Crippen LogP contribution in [0.1, 0.15) is 61.8 Å². The third kappa shape index (κ3) is 6.60. The van der Waals surface area contributed by atoms with Crippen LogP contribution in [0, 0.1) is 39.5 Å². The molecule has 1 aliphatic rings. The van der Waals surface area contributed by atoms with Crippen molar-refractivity contribution in [2.45, 2.75) is 73.3 Å². The van der Waals surface area contributed by atoms with Crippen molar-refractivity contribution in [3.05, 3.63) is 119 Å². The molecule has 1 aliphatic carbocycles. The van der Waals surface area contributed by atoms with Gasteiger partial charge < -0.3 is 0 Å². The molecule has 4 atom stereocenters.